The average Bonchev–Trinajstić information content (AvgIpc) is 3.16. The Kier molecular flexibility index (Phi) is 5.54. The van der Waals surface area contributed by atoms with E-state index in [1.807, 2.05) is 18.9 Å². The molecule has 154 valence electrons. The van der Waals surface area contributed by atoms with Gasteiger partial charge in [-0.1, -0.05) is 0 Å². The highest BCUT2D eigenvalue weighted by Crippen LogP contribution is 2.22. The lowest BCUT2D eigenvalue weighted by atomic mass is 10.0. The van der Waals surface area contributed by atoms with E-state index in [9.17, 15) is 9.59 Å². The van der Waals surface area contributed by atoms with Crippen molar-refractivity contribution in [3.63, 3.8) is 0 Å². The lowest BCUT2D eigenvalue weighted by molar-refractivity contribution is -0.143. The molecule has 2 N–H and O–H groups in total. The van der Waals surface area contributed by atoms with Gasteiger partial charge in [0.2, 0.25) is 5.91 Å². The van der Waals surface area contributed by atoms with Gasteiger partial charge in [0, 0.05) is 24.8 Å². The number of likely N-dealkylation sites (N-methyl/N-ethyl adjacent to an activating group) is 1. The first-order valence-electron chi connectivity index (χ1n) is 9.71. The number of H-pyrrole nitrogens is 1. The summed E-state index contributed by atoms with van der Waals surface area (Å²) in [6, 6.07) is -0.258. The Labute approximate surface area is 168 Å². The van der Waals surface area contributed by atoms with Crippen LogP contribution in [-0.2, 0) is 29.0 Å². The average molecular weight is 399 g/mol. The normalized spacial score (nSPS) is 19.7. The topological polar surface area (TPSA) is 116 Å². The molecule has 10 heteroatoms. The van der Waals surface area contributed by atoms with E-state index in [-0.39, 0.29) is 24.4 Å². The smallest absolute Gasteiger partial charge is 0.272 e. The second kappa shape index (κ2) is 8.26. The van der Waals surface area contributed by atoms with Gasteiger partial charge in [0.15, 0.2) is 5.69 Å². The fraction of sp³-hybridized carbons (Fsp3) is 0.526. The zero-order chi connectivity index (χ0) is 20.4. The van der Waals surface area contributed by atoms with Gasteiger partial charge in [-0.05, 0) is 20.4 Å². The molecule has 0 spiro atoms. The molecule has 1 fully saturated rings. The molecule has 1 atom stereocenters. The predicted molar refractivity (Wildman–Crippen MR) is 103 cm³/mol. The maximum Gasteiger partial charge on any atom is 0.272 e. The molecule has 4 rings (SSSR count). The third-order valence-corrected chi connectivity index (χ3v) is 5.41. The Hall–Kier alpha value is -2.85. The summed E-state index contributed by atoms with van der Waals surface area (Å²) in [5.74, 6) is -0.207. The number of ether oxygens (including phenoxy) is 1. The van der Waals surface area contributed by atoms with Crippen molar-refractivity contribution >= 4 is 11.8 Å². The number of carbonyl (C=O) groups excluding carboxylic acids is 2. The van der Waals surface area contributed by atoms with Crippen molar-refractivity contribution in [2.24, 2.45) is 0 Å². The Morgan fingerprint density at radius 1 is 1.31 bits per heavy atom. The van der Waals surface area contributed by atoms with Crippen LogP contribution in [0.15, 0.2) is 12.4 Å². The Morgan fingerprint density at radius 3 is 2.93 bits per heavy atom. The van der Waals surface area contributed by atoms with Gasteiger partial charge in [0.05, 0.1) is 49.6 Å². The maximum absolute atomic E-state index is 12.9. The molecule has 29 heavy (non-hydrogen) atoms. The van der Waals surface area contributed by atoms with Crippen LogP contribution in [0.1, 0.15) is 33.1 Å². The van der Waals surface area contributed by atoms with Crippen LogP contribution < -0.4 is 5.32 Å². The number of nitrogens with zero attached hydrogens (tertiary/aromatic N) is 5. The molecule has 10 nitrogen and oxygen atoms in total. The molecule has 0 aromatic carbocycles. The number of nitrogens with one attached hydrogen (secondary N) is 2. The quantitative estimate of drug-likeness (QED) is 0.722. The van der Waals surface area contributed by atoms with Crippen molar-refractivity contribution in [2.75, 3.05) is 33.4 Å². The summed E-state index contributed by atoms with van der Waals surface area (Å²) in [5, 5.41) is 9.97. The largest absolute Gasteiger partial charge is 0.378 e. The molecule has 4 heterocycles. The zero-order valence-corrected chi connectivity index (χ0v) is 16.6. The first-order chi connectivity index (χ1) is 14.0. The van der Waals surface area contributed by atoms with Gasteiger partial charge in [-0.3, -0.25) is 29.6 Å². The molecule has 0 unspecified atom stereocenters. The van der Waals surface area contributed by atoms with Crippen LogP contribution >= 0.6 is 0 Å². The second-order valence-electron chi connectivity index (χ2n) is 7.44. The number of rotatable bonds is 4. The number of hydrogen-bond donors (Lipinski definition) is 2. The summed E-state index contributed by atoms with van der Waals surface area (Å²) >= 11 is 0. The summed E-state index contributed by atoms with van der Waals surface area (Å²) in [5.41, 5.74) is 3.57. The van der Waals surface area contributed by atoms with Gasteiger partial charge in [-0.2, -0.15) is 5.10 Å². The molecule has 2 aliphatic rings. The van der Waals surface area contributed by atoms with Crippen LogP contribution in [0.25, 0.3) is 0 Å². The van der Waals surface area contributed by atoms with E-state index in [1.54, 1.807) is 17.3 Å². The summed E-state index contributed by atoms with van der Waals surface area (Å²) in [4.78, 5) is 37.7. The van der Waals surface area contributed by atoms with Crippen molar-refractivity contribution in [3.05, 3.63) is 40.7 Å². The highest BCUT2D eigenvalue weighted by molar-refractivity contribution is 5.94. The summed E-state index contributed by atoms with van der Waals surface area (Å²) in [6.07, 6.45) is 3.89. The van der Waals surface area contributed by atoms with Crippen LogP contribution in [0.2, 0.25) is 0 Å². The van der Waals surface area contributed by atoms with Crippen LogP contribution in [0, 0.1) is 6.92 Å². The van der Waals surface area contributed by atoms with E-state index < -0.39 is 0 Å². The highest BCUT2D eigenvalue weighted by atomic mass is 16.5. The van der Waals surface area contributed by atoms with Crippen LogP contribution in [0.5, 0.6) is 0 Å². The van der Waals surface area contributed by atoms with Crippen LogP contribution in [-0.4, -0.2) is 81.2 Å². The molecule has 0 bridgehead atoms. The SMILES string of the molecule is Cc1cnc(CNC(=O)c2n[nH]c3c2CCN(C(=O)[C@H]2COCCN2C)C3)cn1. The maximum atomic E-state index is 12.9. The van der Waals surface area contributed by atoms with Gasteiger partial charge >= 0.3 is 0 Å². The first kappa shape index (κ1) is 19.5. The van der Waals surface area contributed by atoms with E-state index in [0.717, 1.165) is 23.5 Å². The molecule has 2 aromatic heterocycles. The standard InChI is InChI=1S/C19H25N7O3/c1-12-7-21-13(8-20-12)9-22-18(27)17-14-3-4-26(10-15(14)23-24-17)19(28)16-11-29-6-5-25(16)2/h7-8,16H,3-6,9-11H2,1-2H3,(H,22,27)(H,23,24)/t16-/m1/s1. The first-order valence-corrected chi connectivity index (χ1v) is 9.71. The van der Waals surface area contributed by atoms with E-state index >= 15 is 0 Å². The van der Waals surface area contributed by atoms with Gasteiger partial charge in [-0.15, -0.1) is 0 Å². The van der Waals surface area contributed by atoms with Crippen molar-refractivity contribution in [1.82, 2.24) is 35.3 Å². The van der Waals surface area contributed by atoms with Crippen LogP contribution in [0.4, 0.5) is 0 Å². The molecule has 0 radical (unpaired) electrons. The molecule has 2 amide bonds. The molecule has 2 aromatic rings. The third kappa shape index (κ3) is 4.13. The number of amides is 2. The zero-order valence-electron chi connectivity index (χ0n) is 16.6. The van der Waals surface area contributed by atoms with Gasteiger partial charge in [-0.25, -0.2) is 0 Å². The molecule has 0 aliphatic carbocycles. The summed E-state index contributed by atoms with van der Waals surface area (Å²) in [6.45, 7) is 4.93. The monoisotopic (exact) mass is 399 g/mol. The molecule has 0 saturated carbocycles. The number of aryl methyl sites for hydroxylation is 1. The number of hydrogen-bond acceptors (Lipinski definition) is 7. The number of aromatic amines is 1. The van der Waals surface area contributed by atoms with E-state index in [1.165, 1.54) is 0 Å². The number of fused-ring (bicyclic) bond motifs is 1. The molecule has 1 saturated heterocycles. The van der Waals surface area contributed by atoms with Crippen LogP contribution in [0.3, 0.4) is 0 Å². The van der Waals surface area contributed by atoms with Crippen molar-refractivity contribution < 1.29 is 14.3 Å². The molecule has 2 aliphatic heterocycles. The molecular formula is C19H25N7O3. The third-order valence-electron chi connectivity index (χ3n) is 5.41. The number of carbonyl (C=O) groups is 2. The lowest BCUT2D eigenvalue weighted by Gasteiger charge is -2.36. The van der Waals surface area contributed by atoms with Crippen molar-refractivity contribution in [3.8, 4) is 0 Å². The Bertz CT molecular complexity index is 896. The minimum atomic E-state index is -0.259. The molecular weight excluding hydrogens is 374 g/mol. The van der Waals surface area contributed by atoms with Crippen molar-refractivity contribution in [2.45, 2.75) is 32.5 Å². The van der Waals surface area contributed by atoms with Gasteiger partial charge in [0.25, 0.3) is 5.91 Å². The minimum Gasteiger partial charge on any atom is -0.378 e. The fourth-order valence-electron chi connectivity index (χ4n) is 3.62. The minimum absolute atomic E-state index is 0.0522. The lowest BCUT2D eigenvalue weighted by Crippen LogP contribution is -2.54. The summed E-state index contributed by atoms with van der Waals surface area (Å²) in [7, 11) is 1.94. The van der Waals surface area contributed by atoms with E-state index in [4.69, 9.17) is 4.74 Å². The Morgan fingerprint density at radius 2 is 2.17 bits per heavy atom. The fourth-order valence-corrected chi connectivity index (χ4v) is 3.62. The van der Waals surface area contributed by atoms with E-state index in [0.29, 0.717) is 44.1 Å². The number of aromatic nitrogens is 4. The van der Waals surface area contributed by atoms with Gasteiger partial charge in [0.1, 0.15) is 6.04 Å². The van der Waals surface area contributed by atoms with E-state index in [2.05, 4.69) is 25.5 Å². The summed E-state index contributed by atoms with van der Waals surface area (Å²) < 4.78 is 5.47. The van der Waals surface area contributed by atoms with Crippen molar-refractivity contribution in [1.29, 1.82) is 0 Å². The number of morpholine rings is 1. The second-order valence-corrected chi connectivity index (χ2v) is 7.44. The highest BCUT2D eigenvalue weighted by Gasteiger charge is 2.34. The van der Waals surface area contributed by atoms with Gasteiger partial charge < -0.3 is 15.0 Å². The predicted octanol–water partition coefficient (Wildman–Crippen LogP) is -0.347. The Balaban J connectivity index is 1.39.